The van der Waals surface area contributed by atoms with Gasteiger partial charge in [-0.2, -0.15) is 0 Å². The third-order valence-electron chi connectivity index (χ3n) is 2.96. The van der Waals surface area contributed by atoms with Crippen molar-refractivity contribution in [3.05, 3.63) is 0 Å². The fourth-order valence-electron chi connectivity index (χ4n) is 2.21. The molecule has 2 atom stereocenters. The number of amides is 1. The molecule has 1 aliphatic heterocycles. The van der Waals surface area contributed by atoms with Gasteiger partial charge in [0.25, 0.3) is 0 Å². The quantitative estimate of drug-likeness (QED) is 0.714. The van der Waals surface area contributed by atoms with Gasteiger partial charge in [0.1, 0.15) is 0 Å². The Balaban J connectivity index is 2.38. The average Bonchev–Trinajstić information content (AvgIpc) is 2.43. The Morgan fingerprint density at radius 3 is 3.12 bits per heavy atom. The molecule has 1 amide bonds. The molecule has 4 nitrogen and oxygen atoms in total. The minimum absolute atomic E-state index is 0.169. The first kappa shape index (κ1) is 13.5. The van der Waals surface area contributed by atoms with Crippen LogP contribution in [0.5, 0.6) is 0 Å². The topological polar surface area (TPSA) is 50.4 Å². The lowest BCUT2D eigenvalue weighted by Crippen LogP contribution is -2.42. The highest BCUT2D eigenvalue weighted by atomic mass is 16.5. The zero-order valence-corrected chi connectivity index (χ0v) is 10.4. The number of methoxy groups -OCH3 is 1. The molecule has 0 spiro atoms. The molecule has 0 aromatic rings. The Morgan fingerprint density at radius 2 is 2.44 bits per heavy atom. The Bertz CT molecular complexity index is 203. The van der Waals surface area contributed by atoms with Crippen LogP contribution in [0, 0.1) is 0 Å². The van der Waals surface area contributed by atoms with Crippen molar-refractivity contribution in [1.82, 2.24) is 10.6 Å². The van der Waals surface area contributed by atoms with Crippen LogP contribution in [0.1, 0.15) is 39.0 Å². The molecule has 16 heavy (non-hydrogen) atoms. The highest BCUT2D eigenvalue weighted by Gasteiger charge is 2.19. The van der Waals surface area contributed by atoms with Crippen LogP contribution in [-0.2, 0) is 9.53 Å². The van der Waals surface area contributed by atoms with Crippen molar-refractivity contribution in [2.24, 2.45) is 0 Å². The Hall–Kier alpha value is -0.610. The molecule has 0 aromatic heterocycles. The molecule has 4 heteroatoms. The van der Waals surface area contributed by atoms with E-state index in [0.717, 1.165) is 38.8 Å². The molecular weight excluding hydrogens is 204 g/mol. The van der Waals surface area contributed by atoms with E-state index in [4.69, 9.17) is 4.74 Å². The van der Waals surface area contributed by atoms with E-state index >= 15 is 0 Å². The number of nitrogens with one attached hydrogen (secondary N) is 2. The summed E-state index contributed by atoms with van der Waals surface area (Å²) in [5.41, 5.74) is 0. The zero-order valence-electron chi connectivity index (χ0n) is 10.4. The Labute approximate surface area is 98.1 Å². The fourth-order valence-corrected chi connectivity index (χ4v) is 2.21. The van der Waals surface area contributed by atoms with Gasteiger partial charge in [-0.15, -0.1) is 0 Å². The summed E-state index contributed by atoms with van der Waals surface area (Å²) in [7, 11) is 1.73. The molecule has 0 aromatic carbocycles. The monoisotopic (exact) mass is 228 g/mol. The molecular formula is C12H24N2O2. The molecule has 94 valence electrons. The molecule has 2 N–H and O–H groups in total. The van der Waals surface area contributed by atoms with Crippen molar-refractivity contribution in [1.29, 1.82) is 0 Å². The predicted molar refractivity (Wildman–Crippen MR) is 64.4 cm³/mol. The summed E-state index contributed by atoms with van der Waals surface area (Å²) in [6, 6.07) is 0.695. The highest BCUT2D eigenvalue weighted by molar-refractivity contribution is 5.76. The third kappa shape index (κ3) is 4.94. The van der Waals surface area contributed by atoms with Crippen molar-refractivity contribution in [2.45, 2.75) is 51.1 Å². The maximum absolute atomic E-state index is 11.4. The molecule has 0 aliphatic carbocycles. The summed E-state index contributed by atoms with van der Waals surface area (Å²) in [5, 5.41) is 6.44. The minimum atomic E-state index is 0.169. The lowest BCUT2D eigenvalue weighted by atomic mass is 10.1. The summed E-state index contributed by atoms with van der Waals surface area (Å²) in [5.74, 6) is 0.169. The van der Waals surface area contributed by atoms with Crippen LogP contribution in [0.3, 0.4) is 0 Å². The predicted octanol–water partition coefficient (Wildman–Crippen LogP) is 1.06. The summed E-state index contributed by atoms with van der Waals surface area (Å²) in [6.07, 6.45) is 4.98. The molecule has 0 bridgehead atoms. The second kappa shape index (κ2) is 7.63. The maximum Gasteiger partial charge on any atom is 0.221 e. The zero-order chi connectivity index (χ0) is 11.8. The summed E-state index contributed by atoms with van der Waals surface area (Å²) < 4.78 is 5.19. The van der Waals surface area contributed by atoms with Gasteiger partial charge in [0.15, 0.2) is 0 Å². The van der Waals surface area contributed by atoms with Crippen molar-refractivity contribution in [3.63, 3.8) is 0 Å². The van der Waals surface area contributed by atoms with E-state index in [1.165, 1.54) is 0 Å². The summed E-state index contributed by atoms with van der Waals surface area (Å²) >= 11 is 0. The fraction of sp³-hybridized carbons (Fsp3) is 0.917. The molecule has 1 heterocycles. The van der Waals surface area contributed by atoms with Crippen molar-refractivity contribution < 1.29 is 9.53 Å². The smallest absolute Gasteiger partial charge is 0.221 e. The van der Waals surface area contributed by atoms with Crippen LogP contribution in [0.15, 0.2) is 0 Å². The number of hydrogen-bond acceptors (Lipinski definition) is 3. The van der Waals surface area contributed by atoms with Gasteiger partial charge in [-0.05, 0) is 19.3 Å². The lowest BCUT2D eigenvalue weighted by Gasteiger charge is -2.23. The van der Waals surface area contributed by atoms with E-state index in [2.05, 4.69) is 17.6 Å². The van der Waals surface area contributed by atoms with E-state index in [1.54, 1.807) is 7.11 Å². The van der Waals surface area contributed by atoms with Crippen LogP contribution in [0.2, 0.25) is 0 Å². The molecule has 2 unspecified atom stereocenters. The molecule has 1 rings (SSSR count). The SMILES string of the molecule is CCCC(COC)NC1CCCNC(=O)C1. The first-order valence-electron chi connectivity index (χ1n) is 6.28. The van der Waals surface area contributed by atoms with Gasteiger partial charge in [-0.3, -0.25) is 4.79 Å². The number of carbonyl (C=O) groups is 1. The van der Waals surface area contributed by atoms with Crippen LogP contribution in [0.4, 0.5) is 0 Å². The second-order valence-corrected chi connectivity index (χ2v) is 4.50. The van der Waals surface area contributed by atoms with Crippen LogP contribution in [0.25, 0.3) is 0 Å². The normalized spacial score (nSPS) is 23.6. The Kier molecular flexibility index (Phi) is 6.42. The summed E-state index contributed by atoms with van der Waals surface area (Å²) in [4.78, 5) is 11.4. The van der Waals surface area contributed by atoms with Gasteiger partial charge >= 0.3 is 0 Å². The van der Waals surface area contributed by atoms with Crippen LogP contribution >= 0.6 is 0 Å². The van der Waals surface area contributed by atoms with Gasteiger partial charge in [-0.25, -0.2) is 0 Å². The number of hydrogen-bond donors (Lipinski definition) is 2. The highest BCUT2D eigenvalue weighted by Crippen LogP contribution is 2.09. The van der Waals surface area contributed by atoms with Gasteiger partial charge in [0, 0.05) is 32.2 Å². The molecule has 1 aliphatic rings. The maximum atomic E-state index is 11.4. The molecule has 0 radical (unpaired) electrons. The first-order chi connectivity index (χ1) is 7.76. The molecule has 1 fully saturated rings. The molecule has 1 saturated heterocycles. The third-order valence-corrected chi connectivity index (χ3v) is 2.96. The first-order valence-corrected chi connectivity index (χ1v) is 6.28. The largest absolute Gasteiger partial charge is 0.383 e. The van der Waals surface area contributed by atoms with Gasteiger partial charge in [0.2, 0.25) is 5.91 Å². The van der Waals surface area contributed by atoms with Crippen molar-refractivity contribution in [3.8, 4) is 0 Å². The van der Waals surface area contributed by atoms with Crippen LogP contribution in [-0.4, -0.2) is 38.3 Å². The van der Waals surface area contributed by atoms with Crippen molar-refractivity contribution in [2.75, 3.05) is 20.3 Å². The number of ether oxygens (including phenoxy) is 1. The second-order valence-electron chi connectivity index (χ2n) is 4.50. The Morgan fingerprint density at radius 1 is 1.62 bits per heavy atom. The minimum Gasteiger partial charge on any atom is -0.383 e. The lowest BCUT2D eigenvalue weighted by molar-refractivity contribution is -0.121. The van der Waals surface area contributed by atoms with E-state index in [-0.39, 0.29) is 5.91 Å². The summed E-state index contributed by atoms with van der Waals surface area (Å²) in [6.45, 7) is 3.72. The van der Waals surface area contributed by atoms with E-state index in [1.807, 2.05) is 0 Å². The van der Waals surface area contributed by atoms with Gasteiger partial charge in [-0.1, -0.05) is 13.3 Å². The van der Waals surface area contributed by atoms with E-state index < -0.39 is 0 Å². The van der Waals surface area contributed by atoms with E-state index in [0.29, 0.717) is 18.5 Å². The van der Waals surface area contributed by atoms with Crippen LogP contribution < -0.4 is 10.6 Å². The standard InChI is InChI=1S/C12H24N2O2/c1-3-5-11(9-16-2)14-10-6-4-7-13-12(15)8-10/h10-11,14H,3-9H2,1-2H3,(H,13,15). The van der Waals surface area contributed by atoms with Gasteiger partial charge in [0.05, 0.1) is 6.61 Å². The van der Waals surface area contributed by atoms with E-state index in [9.17, 15) is 4.79 Å². The van der Waals surface area contributed by atoms with Gasteiger partial charge < -0.3 is 15.4 Å². The molecule has 0 saturated carbocycles. The number of carbonyl (C=O) groups excluding carboxylic acids is 1. The van der Waals surface area contributed by atoms with Crippen molar-refractivity contribution >= 4 is 5.91 Å². The number of rotatable bonds is 6. The average molecular weight is 228 g/mol.